The monoisotopic (exact) mass is 455 g/mol. The number of hydrogen-bond donors (Lipinski definition) is 1. The lowest BCUT2D eigenvalue weighted by Crippen LogP contribution is -2.49. The minimum atomic E-state index is -0.624. The second-order valence-electron chi connectivity index (χ2n) is 8.83. The molecule has 1 unspecified atom stereocenters. The Kier molecular flexibility index (Phi) is 6.06. The average Bonchev–Trinajstić information content (AvgIpc) is 3.39. The quantitative estimate of drug-likeness (QED) is 0.629. The lowest BCUT2D eigenvalue weighted by atomic mass is 10.1. The van der Waals surface area contributed by atoms with Crippen molar-refractivity contribution in [2.45, 2.75) is 51.4 Å². The molecule has 32 heavy (non-hydrogen) atoms. The van der Waals surface area contributed by atoms with Crippen molar-refractivity contribution in [3.8, 4) is 0 Å². The topological polar surface area (TPSA) is 89.4 Å². The van der Waals surface area contributed by atoms with E-state index < -0.39 is 17.9 Å². The summed E-state index contributed by atoms with van der Waals surface area (Å²) in [6, 6.07) is 13.8. The number of likely N-dealkylation sites (tertiary alicyclic amines) is 1. The summed E-state index contributed by atoms with van der Waals surface area (Å²) in [7, 11) is 0. The molecule has 0 spiro atoms. The predicted octanol–water partition coefficient (Wildman–Crippen LogP) is 4.41. The van der Waals surface area contributed by atoms with Crippen molar-refractivity contribution in [3.05, 3.63) is 59.1 Å². The van der Waals surface area contributed by atoms with Crippen LogP contribution < -0.4 is 5.32 Å². The number of halogens is 1. The van der Waals surface area contributed by atoms with Gasteiger partial charge < -0.3 is 15.0 Å². The Morgan fingerprint density at radius 3 is 2.59 bits per heavy atom. The number of rotatable bonds is 4. The van der Waals surface area contributed by atoms with E-state index in [2.05, 4.69) is 15.6 Å². The number of benzene rings is 2. The van der Waals surface area contributed by atoms with E-state index in [1.807, 2.05) is 45.0 Å². The summed E-state index contributed by atoms with van der Waals surface area (Å²) in [6.45, 7) is 6.04. The third-order valence-electron chi connectivity index (χ3n) is 5.32. The second-order valence-corrected chi connectivity index (χ2v) is 9.27. The first-order valence-electron chi connectivity index (χ1n) is 10.6. The molecule has 1 saturated heterocycles. The fourth-order valence-electron chi connectivity index (χ4n) is 3.90. The number of carbonyl (C=O) groups excluding carboxylic acids is 2. The third kappa shape index (κ3) is 4.70. The fourth-order valence-corrected chi connectivity index (χ4v) is 4.03. The Bertz CT molecular complexity index is 1120. The predicted molar refractivity (Wildman–Crippen MR) is 121 cm³/mol. The highest BCUT2D eigenvalue weighted by molar-refractivity contribution is 6.30. The summed E-state index contributed by atoms with van der Waals surface area (Å²) < 4.78 is 7.30. The number of nitrogens with zero attached hydrogens (tertiary/aromatic N) is 4. The Labute approximate surface area is 191 Å². The van der Waals surface area contributed by atoms with Gasteiger partial charge in [0.1, 0.15) is 17.3 Å². The molecule has 2 heterocycles. The second kappa shape index (κ2) is 8.78. The van der Waals surface area contributed by atoms with Crippen molar-refractivity contribution in [2.75, 3.05) is 6.54 Å². The van der Waals surface area contributed by atoms with Crippen molar-refractivity contribution < 1.29 is 14.3 Å². The van der Waals surface area contributed by atoms with Crippen LogP contribution in [-0.2, 0) is 4.74 Å². The van der Waals surface area contributed by atoms with E-state index in [0.29, 0.717) is 29.1 Å². The van der Waals surface area contributed by atoms with Crippen LogP contribution in [0.25, 0.3) is 11.0 Å². The standard InChI is InChI=1S/C23H26ClN5O3/c1-23(2,3)32-22(31)28-14-6-9-19(28)20(25-21(30)15-10-12-16(24)13-11-15)29-18-8-5-4-7-17(18)26-27-29/h4-5,7-8,10-13,19-20H,6,9,14H2,1-3H3,(H,25,30)/t19-,20?/m1/s1. The van der Waals surface area contributed by atoms with Crippen LogP contribution in [0.15, 0.2) is 48.5 Å². The van der Waals surface area contributed by atoms with Gasteiger partial charge in [-0.05, 0) is 70.0 Å². The van der Waals surface area contributed by atoms with E-state index in [1.165, 1.54) is 0 Å². The van der Waals surface area contributed by atoms with Crippen LogP contribution in [-0.4, -0.2) is 50.1 Å². The normalized spacial score (nSPS) is 17.4. The molecule has 0 radical (unpaired) electrons. The fraction of sp³-hybridized carbons (Fsp3) is 0.391. The van der Waals surface area contributed by atoms with Crippen molar-refractivity contribution in [3.63, 3.8) is 0 Å². The van der Waals surface area contributed by atoms with Gasteiger partial charge in [0.2, 0.25) is 0 Å². The van der Waals surface area contributed by atoms with Gasteiger partial charge in [-0.25, -0.2) is 9.48 Å². The van der Waals surface area contributed by atoms with E-state index >= 15 is 0 Å². The number of aromatic nitrogens is 3. The van der Waals surface area contributed by atoms with Gasteiger partial charge >= 0.3 is 6.09 Å². The Balaban J connectivity index is 1.69. The molecule has 9 heteroatoms. The van der Waals surface area contributed by atoms with Gasteiger partial charge in [0.25, 0.3) is 5.91 Å². The zero-order chi connectivity index (χ0) is 22.9. The molecule has 0 aliphatic carbocycles. The molecule has 168 valence electrons. The number of hydrogen-bond acceptors (Lipinski definition) is 5. The summed E-state index contributed by atoms with van der Waals surface area (Å²) in [5.41, 5.74) is 1.32. The summed E-state index contributed by atoms with van der Waals surface area (Å²) in [5.74, 6) is -0.290. The summed E-state index contributed by atoms with van der Waals surface area (Å²) in [5, 5.41) is 12.2. The molecule has 2 amide bonds. The summed E-state index contributed by atoms with van der Waals surface area (Å²) in [6.07, 6.45) is 0.457. The van der Waals surface area contributed by atoms with Crippen LogP contribution in [0.2, 0.25) is 5.02 Å². The summed E-state index contributed by atoms with van der Waals surface area (Å²) in [4.78, 5) is 27.7. The molecule has 4 rings (SSSR count). The largest absolute Gasteiger partial charge is 0.444 e. The molecule has 1 aliphatic heterocycles. The first-order chi connectivity index (χ1) is 15.2. The molecule has 1 aliphatic rings. The Morgan fingerprint density at radius 1 is 1.16 bits per heavy atom. The Hall–Kier alpha value is -3.13. The van der Waals surface area contributed by atoms with Gasteiger partial charge in [-0.2, -0.15) is 0 Å². The number of carbonyl (C=O) groups is 2. The van der Waals surface area contributed by atoms with Crippen LogP contribution in [0.1, 0.15) is 50.1 Å². The SMILES string of the molecule is CC(C)(C)OC(=O)N1CCC[C@@H]1C(NC(=O)c1ccc(Cl)cc1)n1nnc2ccccc21. The van der Waals surface area contributed by atoms with Crippen molar-refractivity contribution in [1.82, 2.24) is 25.2 Å². The van der Waals surface area contributed by atoms with Gasteiger partial charge in [-0.15, -0.1) is 5.10 Å². The highest BCUT2D eigenvalue weighted by Crippen LogP contribution is 2.29. The highest BCUT2D eigenvalue weighted by Gasteiger charge is 2.39. The van der Waals surface area contributed by atoms with Gasteiger partial charge in [0.15, 0.2) is 0 Å². The minimum Gasteiger partial charge on any atom is -0.444 e. The smallest absolute Gasteiger partial charge is 0.410 e. The van der Waals surface area contributed by atoms with Crippen molar-refractivity contribution in [1.29, 1.82) is 0 Å². The van der Waals surface area contributed by atoms with E-state index in [9.17, 15) is 9.59 Å². The van der Waals surface area contributed by atoms with Crippen LogP contribution in [0, 0.1) is 0 Å². The molecule has 1 N–H and O–H groups in total. The van der Waals surface area contributed by atoms with Crippen LogP contribution in [0.3, 0.4) is 0 Å². The van der Waals surface area contributed by atoms with E-state index in [4.69, 9.17) is 16.3 Å². The molecule has 1 aromatic heterocycles. The number of amides is 2. The maximum Gasteiger partial charge on any atom is 0.410 e. The van der Waals surface area contributed by atoms with Gasteiger partial charge in [-0.1, -0.05) is 28.9 Å². The molecule has 2 aromatic carbocycles. The lowest BCUT2D eigenvalue weighted by Gasteiger charge is -2.33. The van der Waals surface area contributed by atoms with E-state index in [-0.39, 0.29) is 11.9 Å². The number of para-hydroxylation sites is 1. The van der Waals surface area contributed by atoms with E-state index in [0.717, 1.165) is 11.9 Å². The number of nitrogens with one attached hydrogen (secondary N) is 1. The molecular weight excluding hydrogens is 430 g/mol. The first kappa shape index (κ1) is 22.1. The maximum atomic E-state index is 13.1. The molecule has 0 bridgehead atoms. The van der Waals surface area contributed by atoms with Crippen LogP contribution >= 0.6 is 11.6 Å². The number of fused-ring (bicyclic) bond motifs is 1. The van der Waals surface area contributed by atoms with Crippen molar-refractivity contribution >= 4 is 34.6 Å². The zero-order valence-corrected chi connectivity index (χ0v) is 19.0. The molecule has 2 atom stereocenters. The van der Waals surface area contributed by atoms with Gasteiger partial charge in [-0.3, -0.25) is 4.79 Å². The minimum absolute atomic E-state index is 0.290. The first-order valence-corrected chi connectivity index (χ1v) is 11.0. The maximum absolute atomic E-state index is 13.1. The summed E-state index contributed by atoms with van der Waals surface area (Å²) >= 11 is 5.97. The van der Waals surface area contributed by atoms with Gasteiger partial charge in [0, 0.05) is 17.1 Å². The zero-order valence-electron chi connectivity index (χ0n) is 18.3. The number of ether oxygens (including phenoxy) is 1. The third-order valence-corrected chi connectivity index (χ3v) is 5.57. The lowest BCUT2D eigenvalue weighted by molar-refractivity contribution is 0.0158. The molecule has 0 saturated carbocycles. The van der Waals surface area contributed by atoms with Crippen LogP contribution in [0.5, 0.6) is 0 Å². The molecule has 3 aromatic rings. The van der Waals surface area contributed by atoms with Gasteiger partial charge in [0.05, 0.1) is 11.6 Å². The van der Waals surface area contributed by atoms with Crippen molar-refractivity contribution in [2.24, 2.45) is 0 Å². The molecular formula is C23H26ClN5O3. The molecule has 1 fully saturated rings. The Morgan fingerprint density at radius 2 is 1.88 bits per heavy atom. The highest BCUT2D eigenvalue weighted by atomic mass is 35.5. The van der Waals surface area contributed by atoms with Crippen LogP contribution in [0.4, 0.5) is 4.79 Å². The molecule has 8 nitrogen and oxygen atoms in total. The van der Waals surface area contributed by atoms with E-state index in [1.54, 1.807) is 33.8 Å². The average molecular weight is 456 g/mol.